The number of nitrogens with two attached hydrogens (primary N) is 1. The molecule has 2 aromatic rings. The van der Waals surface area contributed by atoms with Crippen LogP contribution in [0.25, 0.3) is 5.82 Å². The number of amidine groups is 1. The summed E-state index contributed by atoms with van der Waals surface area (Å²) in [6.45, 7) is 1.67. The predicted molar refractivity (Wildman–Crippen MR) is 76.0 cm³/mol. The maximum Gasteiger partial charge on any atom is 0.450 e. The molecule has 2 aromatic heterocycles. The zero-order valence-corrected chi connectivity index (χ0v) is 12.0. The first-order valence-electron chi connectivity index (χ1n) is 6.42. The Balaban J connectivity index is 2.20. The van der Waals surface area contributed by atoms with Crippen LogP contribution in [0.1, 0.15) is 21.7 Å². The number of pyridine rings is 1. The van der Waals surface area contributed by atoms with Crippen LogP contribution in [-0.2, 0) is 6.54 Å². The molecule has 0 fully saturated rings. The van der Waals surface area contributed by atoms with Crippen LogP contribution >= 0.6 is 0 Å². The molecule has 0 atom stereocenters. The molecule has 0 unspecified atom stereocenters. The fraction of sp³-hybridized carbons (Fsp3) is 0.231. The molecule has 23 heavy (non-hydrogen) atoms. The lowest BCUT2D eigenvalue weighted by Crippen LogP contribution is -2.33. The van der Waals surface area contributed by atoms with Crippen molar-refractivity contribution < 1.29 is 18.0 Å². The van der Waals surface area contributed by atoms with E-state index in [9.17, 15) is 18.0 Å². The molecule has 3 N–H and O–H groups in total. The van der Waals surface area contributed by atoms with Crippen LogP contribution in [0.2, 0.25) is 0 Å². The van der Waals surface area contributed by atoms with Gasteiger partial charge in [-0.15, -0.1) is 0 Å². The molecule has 0 saturated heterocycles. The molecule has 10 heteroatoms. The minimum Gasteiger partial charge on any atom is -0.378 e. The summed E-state index contributed by atoms with van der Waals surface area (Å²) in [6, 6.07) is 4.96. The van der Waals surface area contributed by atoms with E-state index in [-0.39, 0.29) is 12.2 Å². The second kappa shape index (κ2) is 6.46. The highest BCUT2D eigenvalue weighted by molar-refractivity contribution is 5.85. The number of hydrogen-bond donors (Lipinski definition) is 2. The Hall–Kier alpha value is -2.91. The maximum absolute atomic E-state index is 12.2. The number of alkyl halides is 3. The molecule has 0 bridgehead atoms. The van der Waals surface area contributed by atoms with Gasteiger partial charge in [-0.2, -0.15) is 23.4 Å². The Morgan fingerprint density at radius 2 is 2.26 bits per heavy atom. The van der Waals surface area contributed by atoms with Gasteiger partial charge >= 0.3 is 6.18 Å². The topological polar surface area (TPSA) is 98.2 Å². The van der Waals surface area contributed by atoms with E-state index in [0.717, 1.165) is 5.56 Å². The van der Waals surface area contributed by atoms with E-state index in [1.165, 1.54) is 10.7 Å². The van der Waals surface area contributed by atoms with Gasteiger partial charge in [0, 0.05) is 6.20 Å². The average Bonchev–Trinajstić information content (AvgIpc) is 2.89. The summed E-state index contributed by atoms with van der Waals surface area (Å²) in [7, 11) is 0. The van der Waals surface area contributed by atoms with Gasteiger partial charge in [-0.3, -0.25) is 4.79 Å². The smallest absolute Gasteiger partial charge is 0.378 e. The molecule has 0 aliphatic rings. The summed E-state index contributed by atoms with van der Waals surface area (Å²) in [6.07, 6.45) is -2.58. The lowest BCUT2D eigenvalue weighted by atomic mass is 10.3. The van der Waals surface area contributed by atoms with Gasteiger partial charge in [0.1, 0.15) is 5.69 Å². The van der Waals surface area contributed by atoms with Gasteiger partial charge in [0.05, 0.1) is 12.2 Å². The number of hydrazone groups is 1. The molecule has 0 aromatic carbocycles. The van der Waals surface area contributed by atoms with E-state index >= 15 is 0 Å². The fourth-order valence-electron chi connectivity index (χ4n) is 1.76. The van der Waals surface area contributed by atoms with Crippen LogP contribution in [0.3, 0.4) is 0 Å². The second-order valence-electron chi connectivity index (χ2n) is 4.56. The third-order valence-corrected chi connectivity index (χ3v) is 2.84. The zero-order chi connectivity index (χ0) is 17.0. The van der Waals surface area contributed by atoms with E-state index in [0.29, 0.717) is 17.8 Å². The molecular formula is C13H13F3N6O. The van der Waals surface area contributed by atoms with E-state index in [2.05, 4.69) is 20.6 Å². The Labute approximate surface area is 129 Å². The molecule has 0 spiro atoms. The first-order chi connectivity index (χ1) is 10.8. The number of nitrogens with one attached hydrogen (secondary N) is 1. The highest BCUT2D eigenvalue weighted by Crippen LogP contribution is 2.15. The standard InChI is InChI=1S/C13H13F3N6O/c1-8-3-2-4-18-11(8)22-10(7-23)5-9(21-22)6-19-20-12(17)13(14,15)16/h2-5,7,19H,6H2,1H3,(H2,17,20). The number of rotatable bonds is 5. The molecule has 0 amide bonds. The molecule has 2 heterocycles. The number of aryl methyl sites for hydroxylation is 1. The molecule has 7 nitrogen and oxygen atoms in total. The summed E-state index contributed by atoms with van der Waals surface area (Å²) in [5.41, 5.74) is 8.25. The Morgan fingerprint density at radius 1 is 1.52 bits per heavy atom. The van der Waals surface area contributed by atoms with Crippen molar-refractivity contribution in [3.63, 3.8) is 0 Å². The number of halogens is 3. The Bertz CT molecular complexity index is 738. The third kappa shape index (κ3) is 3.84. The largest absolute Gasteiger partial charge is 0.450 e. The van der Waals surface area contributed by atoms with Crippen LogP contribution in [-0.4, -0.2) is 33.1 Å². The van der Waals surface area contributed by atoms with Crippen LogP contribution in [0, 0.1) is 6.92 Å². The van der Waals surface area contributed by atoms with Gasteiger partial charge in [0.15, 0.2) is 12.1 Å². The number of nitrogens with zero attached hydrogens (tertiary/aromatic N) is 4. The quantitative estimate of drug-likeness (QED) is 0.374. The minimum atomic E-state index is -4.70. The van der Waals surface area contributed by atoms with Crippen molar-refractivity contribution >= 4 is 12.1 Å². The molecule has 0 aliphatic heterocycles. The summed E-state index contributed by atoms with van der Waals surface area (Å²) >= 11 is 0. The monoisotopic (exact) mass is 326 g/mol. The Morgan fingerprint density at radius 3 is 2.87 bits per heavy atom. The number of aldehydes is 1. The molecule has 122 valence electrons. The highest BCUT2D eigenvalue weighted by atomic mass is 19.4. The van der Waals surface area contributed by atoms with E-state index in [1.807, 2.05) is 0 Å². The molecular weight excluding hydrogens is 313 g/mol. The fourth-order valence-corrected chi connectivity index (χ4v) is 1.76. The van der Waals surface area contributed by atoms with Crippen molar-refractivity contribution in [2.24, 2.45) is 10.8 Å². The SMILES string of the molecule is Cc1cccnc1-n1nc(CN/N=C(\N)C(F)(F)F)cc1C=O. The minimum absolute atomic E-state index is 0.128. The van der Waals surface area contributed by atoms with Crippen molar-refractivity contribution in [2.45, 2.75) is 19.6 Å². The molecule has 0 saturated carbocycles. The Kier molecular flexibility index (Phi) is 4.63. The normalized spacial score (nSPS) is 12.3. The van der Waals surface area contributed by atoms with Gasteiger partial charge < -0.3 is 11.2 Å². The van der Waals surface area contributed by atoms with Crippen LogP contribution in [0.5, 0.6) is 0 Å². The van der Waals surface area contributed by atoms with Crippen molar-refractivity contribution in [3.8, 4) is 5.82 Å². The van der Waals surface area contributed by atoms with Crippen LogP contribution in [0.4, 0.5) is 13.2 Å². The van der Waals surface area contributed by atoms with Gasteiger partial charge in [-0.05, 0) is 24.6 Å². The van der Waals surface area contributed by atoms with Gasteiger partial charge in [0.25, 0.3) is 0 Å². The summed E-state index contributed by atoms with van der Waals surface area (Å²) in [4.78, 5) is 15.3. The predicted octanol–water partition coefficient (Wildman–Crippen LogP) is 1.31. The van der Waals surface area contributed by atoms with Gasteiger partial charge in [0.2, 0.25) is 5.84 Å². The number of aromatic nitrogens is 3. The van der Waals surface area contributed by atoms with Crippen molar-refractivity contribution in [1.82, 2.24) is 20.2 Å². The first kappa shape index (κ1) is 16.5. The van der Waals surface area contributed by atoms with Crippen molar-refractivity contribution in [2.75, 3.05) is 0 Å². The second-order valence-corrected chi connectivity index (χ2v) is 4.56. The van der Waals surface area contributed by atoms with Crippen molar-refractivity contribution in [3.05, 3.63) is 41.3 Å². The maximum atomic E-state index is 12.2. The molecule has 2 rings (SSSR count). The lowest BCUT2D eigenvalue weighted by molar-refractivity contribution is -0.0603. The van der Waals surface area contributed by atoms with Gasteiger partial charge in [-0.25, -0.2) is 9.67 Å². The summed E-state index contributed by atoms with van der Waals surface area (Å²) < 4.78 is 37.9. The summed E-state index contributed by atoms with van der Waals surface area (Å²) in [5.74, 6) is -1.03. The van der Waals surface area contributed by atoms with Crippen LogP contribution in [0.15, 0.2) is 29.5 Å². The molecule has 0 aliphatic carbocycles. The third-order valence-electron chi connectivity index (χ3n) is 2.84. The highest BCUT2D eigenvalue weighted by Gasteiger charge is 2.33. The zero-order valence-electron chi connectivity index (χ0n) is 12.0. The van der Waals surface area contributed by atoms with E-state index in [1.54, 1.807) is 25.3 Å². The molecule has 0 radical (unpaired) electrons. The first-order valence-corrected chi connectivity index (χ1v) is 6.42. The number of hydrogen-bond acceptors (Lipinski definition) is 5. The number of carbonyl (C=O) groups excluding carboxylic acids is 1. The van der Waals surface area contributed by atoms with Crippen LogP contribution < -0.4 is 11.2 Å². The summed E-state index contributed by atoms with van der Waals surface area (Å²) in [5, 5.41) is 7.15. The van der Waals surface area contributed by atoms with E-state index in [4.69, 9.17) is 5.73 Å². The average molecular weight is 326 g/mol. The van der Waals surface area contributed by atoms with Gasteiger partial charge in [-0.1, -0.05) is 6.07 Å². The van der Waals surface area contributed by atoms with Crippen molar-refractivity contribution in [1.29, 1.82) is 0 Å². The lowest BCUT2D eigenvalue weighted by Gasteiger charge is -2.06. The number of carbonyl (C=O) groups is 1. The van der Waals surface area contributed by atoms with E-state index < -0.39 is 12.0 Å².